The fourth-order valence-corrected chi connectivity index (χ4v) is 3.44. The van der Waals surface area contributed by atoms with Crippen molar-refractivity contribution in [2.24, 2.45) is 0 Å². The van der Waals surface area contributed by atoms with Crippen LogP contribution in [-0.4, -0.2) is 93.8 Å². The second-order valence-corrected chi connectivity index (χ2v) is 7.41. The molecule has 0 bridgehead atoms. The van der Waals surface area contributed by atoms with Crippen LogP contribution in [0.3, 0.4) is 0 Å². The zero-order valence-electron chi connectivity index (χ0n) is 18.4. The summed E-state index contributed by atoms with van der Waals surface area (Å²) >= 11 is 0. The predicted octanol–water partition coefficient (Wildman–Crippen LogP) is 1.59. The van der Waals surface area contributed by atoms with Gasteiger partial charge in [0, 0.05) is 52.5 Å². The first kappa shape index (κ1) is 23.9. The van der Waals surface area contributed by atoms with Gasteiger partial charge in [-0.3, -0.25) is 4.90 Å². The van der Waals surface area contributed by atoms with Gasteiger partial charge >= 0.3 is 0 Å². The van der Waals surface area contributed by atoms with E-state index in [1.807, 2.05) is 25.1 Å². The van der Waals surface area contributed by atoms with Gasteiger partial charge in [0.15, 0.2) is 11.5 Å². The molecule has 29 heavy (non-hydrogen) atoms. The Bertz CT molecular complexity index is 565. The zero-order valence-corrected chi connectivity index (χ0v) is 18.4. The van der Waals surface area contributed by atoms with E-state index in [-0.39, 0.29) is 6.61 Å². The Hall–Kier alpha value is -1.38. The Kier molecular flexibility index (Phi) is 11.3. The molecule has 1 atom stereocenters. The minimum Gasteiger partial charge on any atom is -0.493 e. The van der Waals surface area contributed by atoms with Crippen LogP contribution in [0, 0.1) is 0 Å². The van der Waals surface area contributed by atoms with E-state index in [0.717, 1.165) is 71.0 Å². The van der Waals surface area contributed by atoms with Gasteiger partial charge in [0.2, 0.25) is 0 Å². The van der Waals surface area contributed by atoms with E-state index < -0.39 is 6.10 Å². The van der Waals surface area contributed by atoms with Crippen LogP contribution in [0.15, 0.2) is 18.2 Å². The Balaban J connectivity index is 1.72. The number of β-amino-alcohol motifs (C(OH)–C–C–N with tert-alkyl or cyclic N) is 1. The van der Waals surface area contributed by atoms with Crippen molar-refractivity contribution in [3.8, 4) is 11.5 Å². The maximum Gasteiger partial charge on any atom is 0.161 e. The highest BCUT2D eigenvalue weighted by Gasteiger charge is 2.19. The van der Waals surface area contributed by atoms with E-state index >= 15 is 0 Å². The topological polar surface area (TPSA) is 66.4 Å². The SMILES string of the molecule is CCOCCCNCc1ccc(OC[C@@H](O)CN2CCN(CC)CC2)c(OC)c1. The molecule has 0 saturated carbocycles. The van der Waals surface area contributed by atoms with E-state index in [2.05, 4.69) is 22.0 Å². The highest BCUT2D eigenvalue weighted by Crippen LogP contribution is 2.28. The number of nitrogens with zero attached hydrogens (tertiary/aromatic N) is 2. The van der Waals surface area contributed by atoms with Crippen molar-refractivity contribution in [3.05, 3.63) is 23.8 Å². The van der Waals surface area contributed by atoms with E-state index in [1.54, 1.807) is 7.11 Å². The summed E-state index contributed by atoms with van der Waals surface area (Å²) in [7, 11) is 1.64. The monoisotopic (exact) mass is 409 g/mol. The van der Waals surface area contributed by atoms with Crippen LogP contribution in [0.25, 0.3) is 0 Å². The van der Waals surface area contributed by atoms with Crippen molar-refractivity contribution in [2.75, 3.05) is 72.7 Å². The minimum atomic E-state index is -0.514. The van der Waals surface area contributed by atoms with Crippen molar-refractivity contribution >= 4 is 0 Å². The summed E-state index contributed by atoms with van der Waals surface area (Å²) < 4.78 is 16.7. The van der Waals surface area contributed by atoms with E-state index in [1.165, 1.54) is 0 Å². The summed E-state index contributed by atoms with van der Waals surface area (Å²) in [4.78, 5) is 4.73. The molecule has 1 heterocycles. The van der Waals surface area contributed by atoms with Crippen molar-refractivity contribution in [2.45, 2.75) is 32.9 Å². The molecule has 0 radical (unpaired) electrons. The first-order valence-corrected chi connectivity index (χ1v) is 10.9. The molecule has 1 fully saturated rings. The lowest BCUT2D eigenvalue weighted by molar-refractivity contribution is 0.0464. The summed E-state index contributed by atoms with van der Waals surface area (Å²) in [5.41, 5.74) is 1.14. The molecule has 2 rings (SSSR count). The van der Waals surface area contributed by atoms with Crippen molar-refractivity contribution in [1.82, 2.24) is 15.1 Å². The number of likely N-dealkylation sites (N-methyl/N-ethyl adjacent to an activating group) is 1. The van der Waals surface area contributed by atoms with E-state index in [4.69, 9.17) is 14.2 Å². The quantitative estimate of drug-likeness (QED) is 0.452. The molecule has 1 saturated heterocycles. The Labute approximate surface area is 175 Å². The first-order chi connectivity index (χ1) is 14.2. The number of ether oxygens (including phenoxy) is 3. The highest BCUT2D eigenvalue weighted by molar-refractivity contribution is 5.43. The predicted molar refractivity (Wildman–Crippen MR) is 116 cm³/mol. The minimum absolute atomic E-state index is 0.263. The molecule has 0 spiro atoms. The Morgan fingerprint density at radius 1 is 1.10 bits per heavy atom. The van der Waals surface area contributed by atoms with Gasteiger partial charge in [-0.15, -0.1) is 0 Å². The molecule has 1 aliphatic rings. The molecule has 7 nitrogen and oxygen atoms in total. The smallest absolute Gasteiger partial charge is 0.161 e. The van der Waals surface area contributed by atoms with Gasteiger partial charge in [-0.1, -0.05) is 13.0 Å². The standard InChI is InChI=1S/C22H39N3O4/c1-4-24-10-12-25(13-11-24)17-20(26)18-29-21-8-7-19(15-22(21)27-3)16-23-9-6-14-28-5-2/h7-8,15,20,23,26H,4-6,9-14,16-18H2,1-3H3/t20-/m0/s1. The molecule has 2 N–H and O–H groups in total. The van der Waals surface area contributed by atoms with Gasteiger partial charge < -0.3 is 29.5 Å². The third-order valence-electron chi connectivity index (χ3n) is 5.22. The first-order valence-electron chi connectivity index (χ1n) is 10.9. The second kappa shape index (κ2) is 13.8. The van der Waals surface area contributed by atoms with Gasteiger partial charge in [-0.05, 0) is 44.1 Å². The summed E-state index contributed by atoms with van der Waals surface area (Å²) in [5, 5.41) is 13.8. The molecular formula is C22H39N3O4. The van der Waals surface area contributed by atoms with Crippen LogP contribution in [-0.2, 0) is 11.3 Å². The molecule has 0 aromatic heterocycles. The number of benzene rings is 1. The van der Waals surface area contributed by atoms with Gasteiger partial charge in [-0.2, -0.15) is 0 Å². The Morgan fingerprint density at radius 3 is 2.55 bits per heavy atom. The molecule has 1 aromatic carbocycles. The number of hydrogen-bond acceptors (Lipinski definition) is 7. The summed E-state index contributed by atoms with van der Waals surface area (Å²) in [5.74, 6) is 1.37. The number of hydrogen-bond donors (Lipinski definition) is 2. The number of piperazine rings is 1. The third kappa shape index (κ3) is 8.88. The maximum atomic E-state index is 10.4. The fraction of sp³-hybridized carbons (Fsp3) is 0.727. The fourth-order valence-electron chi connectivity index (χ4n) is 3.44. The van der Waals surface area contributed by atoms with Crippen LogP contribution in [0.2, 0.25) is 0 Å². The Morgan fingerprint density at radius 2 is 1.86 bits per heavy atom. The van der Waals surface area contributed by atoms with Crippen LogP contribution in [0.5, 0.6) is 11.5 Å². The number of aliphatic hydroxyl groups is 1. The van der Waals surface area contributed by atoms with E-state index in [0.29, 0.717) is 18.0 Å². The van der Waals surface area contributed by atoms with Crippen molar-refractivity contribution < 1.29 is 19.3 Å². The van der Waals surface area contributed by atoms with Gasteiger partial charge in [0.25, 0.3) is 0 Å². The molecule has 0 aliphatic carbocycles. The molecule has 166 valence electrons. The lowest BCUT2D eigenvalue weighted by Gasteiger charge is -2.34. The summed E-state index contributed by atoms with van der Waals surface area (Å²) in [6.07, 6.45) is 0.483. The number of nitrogens with one attached hydrogen (secondary N) is 1. The lowest BCUT2D eigenvalue weighted by Crippen LogP contribution is -2.49. The second-order valence-electron chi connectivity index (χ2n) is 7.41. The number of aliphatic hydroxyl groups excluding tert-OH is 1. The largest absolute Gasteiger partial charge is 0.493 e. The van der Waals surface area contributed by atoms with Crippen molar-refractivity contribution in [3.63, 3.8) is 0 Å². The summed E-state index contributed by atoms with van der Waals surface area (Å²) in [6, 6.07) is 5.94. The molecule has 1 aliphatic heterocycles. The van der Waals surface area contributed by atoms with Gasteiger partial charge in [0.1, 0.15) is 12.7 Å². The normalized spacial score (nSPS) is 16.7. The van der Waals surface area contributed by atoms with Crippen LogP contribution >= 0.6 is 0 Å². The molecular weight excluding hydrogens is 370 g/mol. The number of methoxy groups -OCH3 is 1. The maximum absolute atomic E-state index is 10.4. The zero-order chi connectivity index (χ0) is 20.9. The lowest BCUT2D eigenvalue weighted by atomic mass is 10.2. The van der Waals surface area contributed by atoms with E-state index in [9.17, 15) is 5.11 Å². The molecule has 1 aromatic rings. The molecule has 0 amide bonds. The summed E-state index contributed by atoms with van der Waals surface area (Å²) in [6.45, 7) is 13.6. The van der Waals surface area contributed by atoms with Crippen LogP contribution < -0.4 is 14.8 Å². The van der Waals surface area contributed by atoms with Gasteiger partial charge in [0.05, 0.1) is 7.11 Å². The van der Waals surface area contributed by atoms with Crippen molar-refractivity contribution in [1.29, 1.82) is 0 Å². The van der Waals surface area contributed by atoms with Gasteiger partial charge in [-0.25, -0.2) is 0 Å². The molecule has 7 heteroatoms. The number of rotatable bonds is 14. The highest BCUT2D eigenvalue weighted by atomic mass is 16.5. The molecule has 0 unspecified atom stereocenters. The average Bonchev–Trinajstić information content (AvgIpc) is 2.75. The van der Waals surface area contributed by atoms with Crippen LogP contribution in [0.1, 0.15) is 25.8 Å². The van der Waals surface area contributed by atoms with Crippen LogP contribution in [0.4, 0.5) is 0 Å². The average molecular weight is 410 g/mol. The third-order valence-corrected chi connectivity index (χ3v) is 5.22.